The quantitative estimate of drug-likeness (QED) is 0.513. The van der Waals surface area contributed by atoms with Gasteiger partial charge in [-0.15, -0.1) is 0 Å². The first kappa shape index (κ1) is 20.3. The van der Waals surface area contributed by atoms with Crippen LogP contribution in [0.4, 0.5) is 11.6 Å². The van der Waals surface area contributed by atoms with Gasteiger partial charge in [-0.25, -0.2) is 19.7 Å². The normalized spacial score (nSPS) is 10.9. The van der Waals surface area contributed by atoms with Gasteiger partial charge in [0.1, 0.15) is 5.82 Å². The molecule has 0 bridgehead atoms. The van der Waals surface area contributed by atoms with E-state index in [2.05, 4.69) is 20.3 Å². The highest BCUT2D eigenvalue weighted by molar-refractivity contribution is 6.31. The second-order valence-corrected chi connectivity index (χ2v) is 6.37. The van der Waals surface area contributed by atoms with E-state index in [1.165, 1.54) is 0 Å². The first-order valence-corrected chi connectivity index (χ1v) is 9.26. The van der Waals surface area contributed by atoms with Crippen molar-refractivity contribution in [3.63, 3.8) is 0 Å². The molecule has 0 aliphatic carbocycles. The van der Waals surface area contributed by atoms with Crippen molar-refractivity contribution in [1.82, 2.24) is 24.8 Å². The molecule has 3 rings (SSSR count). The standard InChI is InChI=1S/C18H20ClN7O3/c1-3-26-11-7-9(18(28)29-4-2)5-6-10(11)23-12(26)8-22-17(27)13-15(20)25-16(21)14(19)24-13/h5-7H,3-4,8H2,1-2H3,(H,22,27)(H4,20,21,25). The average molecular weight is 418 g/mol. The summed E-state index contributed by atoms with van der Waals surface area (Å²) in [5, 5.41) is 2.60. The van der Waals surface area contributed by atoms with Gasteiger partial charge in [0.25, 0.3) is 5.91 Å². The number of nitrogen functional groups attached to an aromatic ring is 2. The number of carbonyl (C=O) groups excluding carboxylic acids is 2. The number of rotatable bonds is 6. The monoisotopic (exact) mass is 417 g/mol. The van der Waals surface area contributed by atoms with Crippen molar-refractivity contribution < 1.29 is 14.3 Å². The van der Waals surface area contributed by atoms with E-state index in [0.717, 1.165) is 5.52 Å². The van der Waals surface area contributed by atoms with Crippen LogP contribution in [0.1, 0.15) is 40.5 Å². The molecule has 0 saturated heterocycles. The molecule has 10 nitrogen and oxygen atoms in total. The van der Waals surface area contributed by atoms with Crippen LogP contribution in [0.25, 0.3) is 11.0 Å². The third-order valence-electron chi connectivity index (χ3n) is 4.18. The number of aryl methyl sites for hydroxylation is 1. The van der Waals surface area contributed by atoms with Gasteiger partial charge in [-0.3, -0.25) is 4.79 Å². The highest BCUT2D eigenvalue weighted by atomic mass is 35.5. The molecule has 0 aliphatic heterocycles. The lowest BCUT2D eigenvalue weighted by Crippen LogP contribution is -2.27. The summed E-state index contributed by atoms with van der Waals surface area (Å²) in [5.41, 5.74) is 13.0. The highest BCUT2D eigenvalue weighted by Gasteiger charge is 2.18. The molecule has 0 atom stereocenters. The molecule has 1 amide bonds. The average Bonchev–Trinajstić information content (AvgIpc) is 3.05. The first-order chi connectivity index (χ1) is 13.8. The topological polar surface area (TPSA) is 151 Å². The number of nitrogens with one attached hydrogen (secondary N) is 1. The van der Waals surface area contributed by atoms with E-state index in [-0.39, 0.29) is 29.0 Å². The smallest absolute Gasteiger partial charge is 0.338 e. The number of imidazole rings is 1. The number of hydrogen-bond acceptors (Lipinski definition) is 8. The van der Waals surface area contributed by atoms with Crippen molar-refractivity contribution in [2.24, 2.45) is 0 Å². The van der Waals surface area contributed by atoms with Crippen LogP contribution >= 0.6 is 11.6 Å². The van der Waals surface area contributed by atoms with Gasteiger partial charge in [-0.05, 0) is 32.0 Å². The molecule has 0 saturated carbocycles. The van der Waals surface area contributed by atoms with E-state index < -0.39 is 11.9 Å². The summed E-state index contributed by atoms with van der Waals surface area (Å²) < 4.78 is 6.94. The zero-order valence-electron chi connectivity index (χ0n) is 15.9. The van der Waals surface area contributed by atoms with E-state index in [0.29, 0.717) is 30.1 Å². The number of aromatic nitrogens is 4. The molecule has 0 radical (unpaired) electrons. The summed E-state index contributed by atoms with van der Waals surface area (Å²) >= 11 is 5.82. The minimum Gasteiger partial charge on any atom is -0.462 e. The molecule has 29 heavy (non-hydrogen) atoms. The highest BCUT2D eigenvalue weighted by Crippen LogP contribution is 2.20. The molecule has 152 valence electrons. The fraction of sp³-hybridized carbons (Fsp3) is 0.278. The first-order valence-electron chi connectivity index (χ1n) is 8.88. The Hall–Kier alpha value is -3.40. The van der Waals surface area contributed by atoms with Crippen molar-refractivity contribution in [3.8, 4) is 0 Å². The summed E-state index contributed by atoms with van der Waals surface area (Å²) in [7, 11) is 0. The summed E-state index contributed by atoms with van der Waals surface area (Å²) in [6, 6.07) is 5.11. The van der Waals surface area contributed by atoms with Crippen LogP contribution < -0.4 is 16.8 Å². The lowest BCUT2D eigenvalue weighted by atomic mass is 10.2. The number of esters is 1. The minimum absolute atomic E-state index is 0.0501. The Bertz CT molecular complexity index is 1100. The zero-order chi connectivity index (χ0) is 21.1. The lowest BCUT2D eigenvalue weighted by Gasteiger charge is -2.09. The van der Waals surface area contributed by atoms with E-state index >= 15 is 0 Å². The molecular formula is C18H20ClN7O3. The van der Waals surface area contributed by atoms with Crippen LogP contribution in [-0.2, 0) is 17.8 Å². The van der Waals surface area contributed by atoms with Gasteiger partial charge < -0.3 is 26.1 Å². The van der Waals surface area contributed by atoms with E-state index in [4.69, 9.17) is 27.8 Å². The second-order valence-electron chi connectivity index (χ2n) is 6.01. The Labute approximate surface area is 171 Å². The number of halogens is 1. The van der Waals surface area contributed by atoms with Gasteiger partial charge in [-0.2, -0.15) is 0 Å². The summed E-state index contributed by atoms with van der Waals surface area (Å²) in [4.78, 5) is 36.6. The zero-order valence-corrected chi connectivity index (χ0v) is 16.7. The van der Waals surface area contributed by atoms with Gasteiger partial charge in [0.15, 0.2) is 22.5 Å². The molecule has 3 aromatic rings. The third kappa shape index (κ3) is 4.06. The Balaban J connectivity index is 1.85. The Morgan fingerprint density at radius 1 is 1.17 bits per heavy atom. The molecule has 2 heterocycles. The van der Waals surface area contributed by atoms with Crippen LogP contribution in [0.15, 0.2) is 18.2 Å². The van der Waals surface area contributed by atoms with Crippen LogP contribution in [0.2, 0.25) is 5.15 Å². The van der Waals surface area contributed by atoms with Gasteiger partial charge in [0, 0.05) is 6.54 Å². The van der Waals surface area contributed by atoms with Gasteiger partial charge >= 0.3 is 5.97 Å². The van der Waals surface area contributed by atoms with Crippen LogP contribution in [0.5, 0.6) is 0 Å². The number of benzene rings is 1. The predicted octanol–water partition coefficient (Wildman–Crippen LogP) is 1.77. The SMILES string of the molecule is CCOC(=O)c1ccc2nc(CNC(=O)c3nc(Cl)c(N)nc3N)n(CC)c2c1. The number of nitrogens with zero attached hydrogens (tertiary/aromatic N) is 4. The number of fused-ring (bicyclic) bond motifs is 1. The number of anilines is 2. The maximum absolute atomic E-state index is 12.4. The van der Waals surface area contributed by atoms with Crippen LogP contribution in [-0.4, -0.2) is 38.0 Å². The fourth-order valence-corrected chi connectivity index (χ4v) is 2.98. The fourth-order valence-electron chi connectivity index (χ4n) is 2.85. The maximum Gasteiger partial charge on any atom is 0.338 e. The lowest BCUT2D eigenvalue weighted by molar-refractivity contribution is 0.0526. The summed E-state index contributed by atoms with van der Waals surface area (Å²) in [6.45, 7) is 4.68. The molecule has 0 fully saturated rings. The Morgan fingerprint density at radius 2 is 1.93 bits per heavy atom. The Kier molecular flexibility index (Phi) is 5.83. The maximum atomic E-state index is 12.4. The van der Waals surface area contributed by atoms with Crippen molar-refractivity contribution >= 4 is 46.1 Å². The van der Waals surface area contributed by atoms with Gasteiger partial charge in [0.05, 0.1) is 29.7 Å². The molecule has 1 aromatic carbocycles. The van der Waals surface area contributed by atoms with Crippen LogP contribution in [0.3, 0.4) is 0 Å². The number of amides is 1. The molecule has 11 heteroatoms. The van der Waals surface area contributed by atoms with Crippen molar-refractivity contribution in [1.29, 1.82) is 0 Å². The summed E-state index contributed by atoms with van der Waals surface area (Å²) in [5.74, 6) is -0.524. The van der Waals surface area contributed by atoms with Crippen LogP contribution in [0, 0.1) is 0 Å². The molecule has 2 aromatic heterocycles. The minimum atomic E-state index is -0.557. The second kappa shape index (κ2) is 8.31. The number of hydrogen-bond donors (Lipinski definition) is 3. The molecule has 0 unspecified atom stereocenters. The predicted molar refractivity (Wildman–Crippen MR) is 108 cm³/mol. The van der Waals surface area contributed by atoms with Crippen molar-refractivity contribution in [3.05, 3.63) is 40.4 Å². The van der Waals surface area contributed by atoms with E-state index in [1.54, 1.807) is 25.1 Å². The van der Waals surface area contributed by atoms with Crippen molar-refractivity contribution in [2.75, 3.05) is 18.1 Å². The molecule has 0 spiro atoms. The molecule has 0 aliphatic rings. The van der Waals surface area contributed by atoms with Crippen molar-refractivity contribution in [2.45, 2.75) is 26.9 Å². The van der Waals surface area contributed by atoms with Gasteiger partial charge in [0.2, 0.25) is 0 Å². The number of carbonyl (C=O) groups is 2. The summed E-state index contributed by atoms with van der Waals surface area (Å²) in [6.07, 6.45) is 0. The number of nitrogens with two attached hydrogens (primary N) is 2. The van der Waals surface area contributed by atoms with E-state index in [1.807, 2.05) is 11.5 Å². The Morgan fingerprint density at radius 3 is 2.62 bits per heavy atom. The molecule has 5 N–H and O–H groups in total. The molecular weight excluding hydrogens is 398 g/mol. The van der Waals surface area contributed by atoms with E-state index in [9.17, 15) is 9.59 Å². The largest absolute Gasteiger partial charge is 0.462 e. The third-order valence-corrected chi connectivity index (χ3v) is 4.46. The van der Waals surface area contributed by atoms with Gasteiger partial charge in [-0.1, -0.05) is 11.6 Å². The number of ether oxygens (including phenoxy) is 1.